The first-order valence-corrected chi connectivity index (χ1v) is 6.77. The van der Waals surface area contributed by atoms with Crippen molar-refractivity contribution in [3.8, 4) is 0 Å². The minimum absolute atomic E-state index is 0.0173. The molecule has 100 valence electrons. The maximum Gasteiger partial charge on any atom is 0.308 e. The van der Waals surface area contributed by atoms with Gasteiger partial charge in [-0.15, -0.1) is 0 Å². The van der Waals surface area contributed by atoms with E-state index in [0.717, 1.165) is 25.7 Å². The lowest BCUT2D eigenvalue weighted by Crippen LogP contribution is -2.48. The lowest BCUT2D eigenvalue weighted by atomic mass is 9.84. The Bertz CT molecular complexity index is 364. The molecule has 3 aliphatic rings. The van der Waals surface area contributed by atoms with E-state index < -0.39 is 5.97 Å². The van der Waals surface area contributed by atoms with Crippen LogP contribution in [0.1, 0.15) is 25.7 Å². The van der Waals surface area contributed by atoms with Gasteiger partial charge in [-0.3, -0.25) is 9.59 Å². The second-order valence-corrected chi connectivity index (χ2v) is 5.79. The van der Waals surface area contributed by atoms with Gasteiger partial charge in [-0.2, -0.15) is 0 Å². The average Bonchev–Trinajstić information content (AvgIpc) is 3.05. The quantitative estimate of drug-likeness (QED) is 0.774. The highest BCUT2D eigenvalue weighted by atomic mass is 16.5. The number of hydrogen-bond donors (Lipinski definition) is 2. The maximum absolute atomic E-state index is 12.1. The van der Waals surface area contributed by atoms with Gasteiger partial charge in [0.05, 0.1) is 18.4 Å². The summed E-state index contributed by atoms with van der Waals surface area (Å²) in [4.78, 5) is 23.4. The van der Waals surface area contributed by atoms with Crippen molar-refractivity contribution in [3.05, 3.63) is 0 Å². The predicted octanol–water partition coefficient (Wildman–Crippen LogP) is 0.638. The minimum atomic E-state index is -0.754. The number of aliphatic carboxylic acids is 1. The Labute approximate surface area is 106 Å². The largest absolute Gasteiger partial charge is 0.481 e. The fourth-order valence-electron chi connectivity index (χ4n) is 3.88. The molecule has 2 bridgehead atoms. The SMILES string of the molecule is O=C(NC1C2CCC(C2)C1C(=O)O)C1CCOC1. The van der Waals surface area contributed by atoms with Crippen LogP contribution in [0.15, 0.2) is 0 Å². The molecule has 0 aromatic heterocycles. The van der Waals surface area contributed by atoms with Crippen LogP contribution >= 0.6 is 0 Å². The third-order valence-corrected chi connectivity index (χ3v) is 4.81. The molecule has 0 radical (unpaired) electrons. The molecule has 2 N–H and O–H groups in total. The summed E-state index contributed by atoms with van der Waals surface area (Å²) in [5.74, 6) is -0.611. The molecule has 5 atom stereocenters. The molecule has 1 aliphatic heterocycles. The number of carbonyl (C=O) groups is 2. The Balaban J connectivity index is 1.67. The average molecular weight is 253 g/mol. The lowest BCUT2D eigenvalue weighted by Gasteiger charge is -2.29. The number of carbonyl (C=O) groups excluding carboxylic acids is 1. The Morgan fingerprint density at radius 3 is 2.61 bits per heavy atom. The second kappa shape index (κ2) is 4.53. The van der Waals surface area contributed by atoms with Crippen molar-refractivity contribution in [2.75, 3.05) is 13.2 Å². The van der Waals surface area contributed by atoms with E-state index in [1.165, 1.54) is 0 Å². The molecule has 3 rings (SSSR count). The summed E-state index contributed by atoms with van der Waals surface area (Å²) in [7, 11) is 0. The van der Waals surface area contributed by atoms with Gasteiger partial charge in [-0.1, -0.05) is 0 Å². The lowest BCUT2D eigenvalue weighted by molar-refractivity contribution is -0.145. The van der Waals surface area contributed by atoms with Gasteiger partial charge in [0.1, 0.15) is 0 Å². The number of nitrogens with one attached hydrogen (secondary N) is 1. The number of rotatable bonds is 3. The van der Waals surface area contributed by atoms with E-state index in [2.05, 4.69) is 5.32 Å². The number of carboxylic acid groups (broad SMARTS) is 1. The van der Waals surface area contributed by atoms with Gasteiger partial charge in [0.2, 0.25) is 5.91 Å². The molecular formula is C13H19NO4. The Kier molecular flexibility index (Phi) is 3.01. The summed E-state index contributed by atoms with van der Waals surface area (Å²) in [5, 5.41) is 12.3. The highest BCUT2D eigenvalue weighted by Gasteiger charge is 2.51. The molecular weight excluding hydrogens is 234 g/mol. The molecule has 5 heteroatoms. The van der Waals surface area contributed by atoms with Gasteiger partial charge >= 0.3 is 5.97 Å². The highest BCUT2D eigenvalue weighted by Crippen LogP contribution is 2.48. The number of carboxylic acids is 1. The first kappa shape index (κ1) is 12.0. The van der Waals surface area contributed by atoms with E-state index in [1.54, 1.807) is 0 Å². The zero-order valence-electron chi connectivity index (χ0n) is 10.3. The van der Waals surface area contributed by atoms with E-state index in [1.807, 2.05) is 0 Å². The van der Waals surface area contributed by atoms with Crippen molar-refractivity contribution < 1.29 is 19.4 Å². The number of hydrogen-bond acceptors (Lipinski definition) is 3. The van der Waals surface area contributed by atoms with Crippen molar-refractivity contribution in [2.45, 2.75) is 31.7 Å². The predicted molar refractivity (Wildman–Crippen MR) is 62.8 cm³/mol. The molecule has 2 aliphatic carbocycles. The van der Waals surface area contributed by atoms with Crippen LogP contribution in [0.4, 0.5) is 0 Å². The van der Waals surface area contributed by atoms with Crippen molar-refractivity contribution in [3.63, 3.8) is 0 Å². The number of fused-ring (bicyclic) bond motifs is 2. The molecule has 1 saturated heterocycles. The molecule has 3 fully saturated rings. The van der Waals surface area contributed by atoms with Crippen LogP contribution in [0.3, 0.4) is 0 Å². The standard InChI is InChI=1S/C13H19NO4/c15-12(9-3-4-18-6-9)14-11-8-2-1-7(5-8)10(11)13(16)17/h7-11H,1-6H2,(H,14,15)(H,16,17). The van der Waals surface area contributed by atoms with Crippen LogP contribution in [0.5, 0.6) is 0 Å². The van der Waals surface area contributed by atoms with E-state index >= 15 is 0 Å². The third kappa shape index (κ3) is 1.90. The van der Waals surface area contributed by atoms with E-state index in [0.29, 0.717) is 19.1 Å². The molecule has 1 amide bonds. The van der Waals surface area contributed by atoms with Gasteiger partial charge in [0, 0.05) is 12.6 Å². The van der Waals surface area contributed by atoms with Gasteiger partial charge in [-0.25, -0.2) is 0 Å². The Hall–Kier alpha value is -1.10. The number of amides is 1. The number of ether oxygens (including phenoxy) is 1. The fraction of sp³-hybridized carbons (Fsp3) is 0.846. The molecule has 5 unspecified atom stereocenters. The van der Waals surface area contributed by atoms with Crippen LogP contribution in [-0.2, 0) is 14.3 Å². The van der Waals surface area contributed by atoms with Crippen molar-refractivity contribution in [2.24, 2.45) is 23.7 Å². The summed E-state index contributed by atoms with van der Waals surface area (Å²) in [5.41, 5.74) is 0. The monoisotopic (exact) mass is 253 g/mol. The molecule has 0 aromatic rings. The first-order chi connectivity index (χ1) is 8.66. The van der Waals surface area contributed by atoms with Crippen LogP contribution in [0, 0.1) is 23.7 Å². The summed E-state index contributed by atoms with van der Waals surface area (Å²) >= 11 is 0. The molecule has 0 aromatic carbocycles. The highest BCUT2D eigenvalue weighted by molar-refractivity contribution is 5.81. The van der Waals surface area contributed by atoms with Gasteiger partial charge in [0.15, 0.2) is 0 Å². The maximum atomic E-state index is 12.1. The summed E-state index contributed by atoms with van der Waals surface area (Å²) in [6.07, 6.45) is 3.77. The summed E-state index contributed by atoms with van der Waals surface area (Å²) in [6.45, 7) is 1.11. The van der Waals surface area contributed by atoms with E-state index in [4.69, 9.17) is 4.74 Å². The second-order valence-electron chi connectivity index (χ2n) is 5.79. The van der Waals surface area contributed by atoms with Gasteiger partial charge in [-0.05, 0) is 37.5 Å². The smallest absolute Gasteiger partial charge is 0.308 e. The van der Waals surface area contributed by atoms with Crippen molar-refractivity contribution in [1.82, 2.24) is 5.32 Å². The molecule has 1 heterocycles. The summed E-state index contributed by atoms with van der Waals surface area (Å²) < 4.78 is 5.20. The van der Waals surface area contributed by atoms with Crippen LogP contribution in [0.25, 0.3) is 0 Å². The molecule has 5 nitrogen and oxygen atoms in total. The normalized spacial score (nSPS) is 42.1. The van der Waals surface area contributed by atoms with Crippen LogP contribution in [-0.4, -0.2) is 36.2 Å². The first-order valence-electron chi connectivity index (χ1n) is 6.77. The zero-order chi connectivity index (χ0) is 12.7. The minimum Gasteiger partial charge on any atom is -0.481 e. The van der Waals surface area contributed by atoms with E-state index in [-0.39, 0.29) is 29.7 Å². The Morgan fingerprint density at radius 1 is 1.17 bits per heavy atom. The van der Waals surface area contributed by atoms with Gasteiger partial charge in [0.25, 0.3) is 0 Å². The van der Waals surface area contributed by atoms with Crippen LogP contribution in [0.2, 0.25) is 0 Å². The van der Waals surface area contributed by atoms with Crippen LogP contribution < -0.4 is 5.32 Å². The zero-order valence-corrected chi connectivity index (χ0v) is 10.3. The van der Waals surface area contributed by atoms with Crippen molar-refractivity contribution in [1.29, 1.82) is 0 Å². The third-order valence-electron chi connectivity index (χ3n) is 4.81. The fourth-order valence-corrected chi connectivity index (χ4v) is 3.88. The molecule has 0 spiro atoms. The molecule has 18 heavy (non-hydrogen) atoms. The molecule has 2 saturated carbocycles. The topological polar surface area (TPSA) is 75.6 Å². The van der Waals surface area contributed by atoms with E-state index in [9.17, 15) is 14.7 Å². The van der Waals surface area contributed by atoms with Gasteiger partial charge < -0.3 is 15.2 Å². The van der Waals surface area contributed by atoms with Crippen molar-refractivity contribution >= 4 is 11.9 Å². The summed E-state index contributed by atoms with van der Waals surface area (Å²) in [6, 6.07) is -0.158. The Morgan fingerprint density at radius 2 is 1.94 bits per heavy atom.